The molecule has 0 saturated heterocycles. The van der Waals surface area contributed by atoms with E-state index in [-0.39, 0.29) is 12.5 Å². The smallest absolute Gasteiger partial charge is 0.243 e. The first-order valence-electron chi connectivity index (χ1n) is 6.21. The first-order valence-corrected chi connectivity index (χ1v) is 7.34. The number of carbonyl (C=O) groups is 1. The van der Waals surface area contributed by atoms with Gasteiger partial charge in [0.2, 0.25) is 5.91 Å². The molecule has 0 spiro atoms. The van der Waals surface area contributed by atoms with E-state index in [4.69, 9.17) is 34.8 Å². The van der Waals surface area contributed by atoms with Crippen LogP contribution in [0.15, 0.2) is 36.4 Å². The number of nitrogens with one attached hydrogen (secondary N) is 2. The second-order valence-corrected chi connectivity index (χ2v) is 5.71. The highest BCUT2D eigenvalue weighted by atomic mass is 35.5. The SMILES string of the molecule is Cc1cc(Cl)ccc1NC(=O)CNc1c(Cl)cccc1Cl. The first kappa shape index (κ1) is 16.0. The Labute approximate surface area is 138 Å². The summed E-state index contributed by atoms with van der Waals surface area (Å²) >= 11 is 17.9. The normalized spacial score (nSPS) is 10.3. The van der Waals surface area contributed by atoms with Gasteiger partial charge in [0.15, 0.2) is 0 Å². The molecule has 0 aliphatic rings. The number of amides is 1. The van der Waals surface area contributed by atoms with E-state index in [0.29, 0.717) is 20.8 Å². The van der Waals surface area contributed by atoms with Gasteiger partial charge in [0, 0.05) is 10.7 Å². The Balaban J connectivity index is 1.99. The number of anilines is 2. The zero-order valence-electron chi connectivity index (χ0n) is 11.2. The third kappa shape index (κ3) is 4.27. The zero-order chi connectivity index (χ0) is 15.4. The maximum absolute atomic E-state index is 12.0. The fourth-order valence-corrected chi connectivity index (χ4v) is 2.55. The topological polar surface area (TPSA) is 41.1 Å². The summed E-state index contributed by atoms with van der Waals surface area (Å²) in [5, 5.41) is 7.30. The van der Waals surface area contributed by atoms with Crippen LogP contribution in [0.4, 0.5) is 11.4 Å². The van der Waals surface area contributed by atoms with Gasteiger partial charge in [-0.2, -0.15) is 0 Å². The molecule has 0 unspecified atom stereocenters. The summed E-state index contributed by atoms with van der Waals surface area (Å²) in [4.78, 5) is 12.0. The van der Waals surface area contributed by atoms with Crippen molar-refractivity contribution in [3.05, 3.63) is 57.0 Å². The summed E-state index contributed by atoms with van der Waals surface area (Å²) in [6.07, 6.45) is 0. The lowest BCUT2D eigenvalue weighted by atomic mass is 10.2. The molecule has 3 nitrogen and oxygen atoms in total. The highest BCUT2D eigenvalue weighted by Gasteiger charge is 2.08. The maximum atomic E-state index is 12.0. The highest BCUT2D eigenvalue weighted by molar-refractivity contribution is 6.39. The average Bonchev–Trinajstić information content (AvgIpc) is 2.41. The third-order valence-corrected chi connectivity index (χ3v) is 3.72. The molecule has 0 aliphatic carbocycles. The van der Waals surface area contributed by atoms with Crippen molar-refractivity contribution in [3.8, 4) is 0 Å². The van der Waals surface area contributed by atoms with Gasteiger partial charge in [-0.05, 0) is 42.8 Å². The number of rotatable bonds is 4. The minimum Gasteiger partial charge on any atom is -0.374 e. The minimum absolute atomic E-state index is 0.0610. The highest BCUT2D eigenvalue weighted by Crippen LogP contribution is 2.29. The van der Waals surface area contributed by atoms with Crippen LogP contribution in [0.25, 0.3) is 0 Å². The van der Waals surface area contributed by atoms with Gasteiger partial charge >= 0.3 is 0 Å². The van der Waals surface area contributed by atoms with Crippen LogP contribution >= 0.6 is 34.8 Å². The Hall–Kier alpha value is -1.42. The minimum atomic E-state index is -0.198. The Morgan fingerprint density at radius 1 is 1.10 bits per heavy atom. The summed E-state index contributed by atoms with van der Waals surface area (Å²) < 4.78 is 0. The van der Waals surface area contributed by atoms with Crippen molar-refractivity contribution in [2.45, 2.75) is 6.92 Å². The fourth-order valence-electron chi connectivity index (χ4n) is 1.80. The fraction of sp³-hybridized carbons (Fsp3) is 0.133. The van der Waals surface area contributed by atoms with Gasteiger partial charge < -0.3 is 10.6 Å². The maximum Gasteiger partial charge on any atom is 0.243 e. The van der Waals surface area contributed by atoms with Crippen LogP contribution < -0.4 is 10.6 Å². The lowest BCUT2D eigenvalue weighted by molar-refractivity contribution is -0.114. The van der Waals surface area contributed by atoms with Gasteiger partial charge in [0.25, 0.3) is 0 Å². The summed E-state index contributed by atoms with van der Waals surface area (Å²) in [6.45, 7) is 1.94. The summed E-state index contributed by atoms with van der Waals surface area (Å²) in [7, 11) is 0. The summed E-state index contributed by atoms with van der Waals surface area (Å²) in [5.74, 6) is -0.198. The molecule has 2 rings (SSSR count). The number of hydrogen-bond acceptors (Lipinski definition) is 2. The predicted molar refractivity (Wildman–Crippen MR) is 89.8 cm³/mol. The van der Waals surface area contributed by atoms with Crippen LogP contribution in [0.2, 0.25) is 15.1 Å². The number of hydrogen-bond donors (Lipinski definition) is 2. The van der Waals surface area contributed by atoms with Crippen molar-refractivity contribution in [1.82, 2.24) is 0 Å². The zero-order valence-corrected chi connectivity index (χ0v) is 13.5. The van der Waals surface area contributed by atoms with Gasteiger partial charge in [-0.3, -0.25) is 4.79 Å². The monoisotopic (exact) mass is 342 g/mol. The second-order valence-electron chi connectivity index (χ2n) is 4.46. The molecule has 2 aromatic carbocycles. The summed E-state index contributed by atoms with van der Waals surface area (Å²) in [5.41, 5.74) is 2.16. The molecule has 0 bridgehead atoms. The molecule has 2 N–H and O–H groups in total. The molecule has 0 aromatic heterocycles. The standard InChI is InChI=1S/C15H13Cl3N2O/c1-9-7-10(16)5-6-13(9)20-14(21)8-19-15-11(17)3-2-4-12(15)18/h2-7,19H,8H2,1H3,(H,20,21). The molecule has 0 fully saturated rings. The third-order valence-electron chi connectivity index (χ3n) is 2.85. The molecule has 21 heavy (non-hydrogen) atoms. The number of carbonyl (C=O) groups excluding carboxylic acids is 1. The number of para-hydroxylation sites is 1. The Bertz CT molecular complexity index is 654. The van der Waals surface area contributed by atoms with E-state index in [9.17, 15) is 4.79 Å². The number of benzene rings is 2. The first-order chi connectivity index (χ1) is 9.97. The van der Waals surface area contributed by atoms with Gasteiger partial charge in [0.1, 0.15) is 0 Å². The lowest BCUT2D eigenvalue weighted by Crippen LogP contribution is -2.22. The lowest BCUT2D eigenvalue weighted by Gasteiger charge is -2.12. The Morgan fingerprint density at radius 2 is 1.76 bits per heavy atom. The quantitative estimate of drug-likeness (QED) is 0.819. The molecule has 0 atom stereocenters. The Morgan fingerprint density at radius 3 is 2.38 bits per heavy atom. The second kappa shape index (κ2) is 7.03. The molecule has 0 aliphatic heterocycles. The van der Waals surface area contributed by atoms with Crippen molar-refractivity contribution in [2.24, 2.45) is 0 Å². The van der Waals surface area contributed by atoms with Crippen LogP contribution in [-0.4, -0.2) is 12.5 Å². The van der Waals surface area contributed by atoms with Crippen molar-refractivity contribution < 1.29 is 4.79 Å². The van der Waals surface area contributed by atoms with Crippen LogP contribution in [0.3, 0.4) is 0 Å². The molecular weight excluding hydrogens is 331 g/mol. The van der Waals surface area contributed by atoms with E-state index in [0.717, 1.165) is 11.3 Å². The molecule has 0 heterocycles. The van der Waals surface area contributed by atoms with Gasteiger partial charge in [0.05, 0.1) is 22.3 Å². The van der Waals surface area contributed by atoms with Crippen LogP contribution in [0.5, 0.6) is 0 Å². The molecule has 2 aromatic rings. The van der Waals surface area contributed by atoms with E-state index < -0.39 is 0 Å². The largest absolute Gasteiger partial charge is 0.374 e. The number of aryl methyl sites for hydroxylation is 1. The molecular formula is C15H13Cl3N2O. The molecule has 0 radical (unpaired) electrons. The molecule has 0 saturated carbocycles. The van der Waals surface area contributed by atoms with E-state index in [1.807, 2.05) is 6.92 Å². The van der Waals surface area contributed by atoms with E-state index >= 15 is 0 Å². The van der Waals surface area contributed by atoms with E-state index in [2.05, 4.69) is 10.6 Å². The summed E-state index contributed by atoms with van der Waals surface area (Å²) in [6, 6.07) is 10.4. The average molecular weight is 344 g/mol. The van der Waals surface area contributed by atoms with Gasteiger partial charge in [-0.15, -0.1) is 0 Å². The molecule has 6 heteroatoms. The van der Waals surface area contributed by atoms with E-state index in [1.165, 1.54) is 0 Å². The molecule has 1 amide bonds. The van der Waals surface area contributed by atoms with Crippen molar-refractivity contribution in [2.75, 3.05) is 17.2 Å². The van der Waals surface area contributed by atoms with Gasteiger partial charge in [-0.1, -0.05) is 40.9 Å². The van der Waals surface area contributed by atoms with Crippen LogP contribution in [-0.2, 0) is 4.79 Å². The van der Waals surface area contributed by atoms with Crippen LogP contribution in [0.1, 0.15) is 5.56 Å². The molecule has 110 valence electrons. The van der Waals surface area contributed by atoms with Gasteiger partial charge in [-0.25, -0.2) is 0 Å². The number of halogens is 3. The van der Waals surface area contributed by atoms with Crippen LogP contribution in [0, 0.1) is 6.92 Å². The van der Waals surface area contributed by atoms with Crippen molar-refractivity contribution in [3.63, 3.8) is 0 Å². The Kier molecular flexibility index (Phi) is 5.34. The van der Waals surface area contributed by atoms with Crippen molar-refractivity contribution >= 4 is 52.1 Å². The predicted octanol–water partition coefficient (Wildman–Crippen LogP) is 5.01. The van der Waals surface area contributed by atoms with E-state index in [1.54, 1.807) is 36.4 Å². The van der Waals surface area contributed by atoms with Crippen molar-refractivity contribution in [1.29, 1.82) is 0 Å².